The lowest BCUT2D eigenvalue weighted by molar-refractivity contribution is 0.0526. The lowest BCUT2D eigenvalue weighted by Gasteiger charge is -2.12. The van der Waals surface area contributed by atoms with E-state index in [0.29, 0.717) is 28.0 Å². The van der Waals surface area contributed by atoms with Crippen LogP contribution in [0, 0.1) is 0 Å². The highest BCUT2D eigenvalue weighted by Crippen LogP contribution is 2.25. The highest BCUT2D eigenvalue weighted by molar-refractivity contribution is 9.10. The molecule has 120 valence electrons. The summed E-state index contributed by atoms with van der Waals surface area (Å²) in [6, 6.07) is 12.3. The molecule has 0 saturated heterocycles. The van der Waals surface area contributed by atoms with Gasteiger partial charge in [-0.1, -0.05) is 27.5 Å². The number of carbonyl (C=O) groups excluding carboxylic acids is 1. The Labute approximate surface area is 153 Å². The molecule has 4 nitrogen and oxygen atoms in total. The Balaban J connectivity index is 1.98. The van der Waals surface area contributed by atoms with E-state index in [-0.39, 0.29) is 5.97 Å². The average Bonchev–Trinajstić information content (AvgIpc) is 2.51. The van der Waals surface area contributed by atoms with Crippen LogP contribution in [0.4, 0.5) is 11.4 Å². The van der Waals surface area contributed by atoms with Crippen molar-refractivity contribution in [2.24, 2.45) is 0 Å². The number of ether oxygens (including phenoxy) is 1. The van der Waals surface area contributed by atoms with Gasteiger partial charge in [0, 0.05) is 10.2 Å². The molecule has 7 heteroatoms. The maximum absolute atomic E-state index is 11.6. The van der Waals surface area contributed by atoms with Crippen molar-refractivity contribution in [3.8, 4) is 0 Å². The Hall–Kier alpha value is -1.63. The lowest BCUT2D eigenvalue weighted by atomic mass is 10.2. The average molecular weight is 414 g/mol. The summed E-state index contributed by atoms with van der Waals surface area (Å²) in [5.74, 6) is -0.346. The van der Waals surface area contributed by atoms with Crippen LogP contribution >= 0.6 is 39.7 Å². The number of halogens is 2. The first-order valence-corrected chi connectivity index (χ1v) is 8.37. The van der Waals surface area contributed by atoms with Crippen molar-refractivity contribution < 1.29 is 9.53 Å². The van der Waals surface area contributed by atoms with Crippen molar-refractivity contribution >= 4 is 62.2 Å². The van der Waals surface area contributed by atoms with Gasteiger partial charge in [0.1, 0.15) is 0 Å². The topological polar surface area (TPSA) is 50.4 Å². The van der Waals surface area contributed by atoms with Gasteiger partial charge >= 0.3 is 5.97 Å². The Morgan fingerprint density at radius 2 is 1.91 bits per heavy atom. The number of carbonyl (C=O) groups is 1. The Bertz CT molecular complexity index is 723. The monoisotopic (exact) mass is 412 g/mol. The molecule has 23 heavy (non-hydrogen) atoms. The van der Waals surface area contributed by atoms with Crippen LogP contribution in [0.3, 0.4) is 0 Å². The minimum atomic E-state index is -0.346. The standard InChI is InChI=1S/C16H14BrClN2O2S/c1-2-22-15(21)10-3-6-12(7-4-10)19-16(23)20-14-8-5-11(17)9-13(14)18/h3-9H,2H2,1H3,(H2,19,20,23). The molecule has 0 spiro atoms. The van der Waals surface area contributed by atoms with Gasteiger partial charge in [-0.2, -0.15) is 0 Å². The fourth-order valence-corrected chi connectivity index (χ4v) is 2.73. The van der Waals surface area contributed by atoms with Crippen LogP contribution in [0.1, 0.15) is 17.3 Å². The third kappa shape index (κ3) is 5.20. The van der Waals surface area contributed by atoms with Crippen LogP contribution in [-0.2, 0) is 4.74 Å². The molecule has 0 atom stereocenters. The maximum Gasteiger partial charge on any atom is 0.338 e. The van der Waals surface area contributed by atoms with Crippen LogP contribution in [0.2, 0.25) is 5.02 Å². The van der Waals surface area contributed by atoms with Crippen LogP contribution in [-0.4, -0.2) is 17.7 Å². The Morgan fingerprint density at radius 3 is 2.52 bits per heavy atom. The minimum Gasteiger partial charge on any atom is -0.462 e. The number of thiocarbonyl (C=S) groups is 1. The van der Waals surface area contributed by atoms with Crippen LogP contribution in [0.25, 0.3) is 0 Å². The predicted octanol–water partition coefficient (Wildman–Crippen LogP) is 5.09. The van der Waals surface area contributed by atoms with Crippen molar-refractivity contribution in [1.82, 2.24) is 0 Å². The van der Waals surface area contributed by atoms with E-state index >= 15 is 0 Å². The van der Waals surface area contributed by atoms with E-state index in [9.17, 15) is 4.79 Å². The maximum atomic E-state index is 11.6. The molecule has 0 heterocycles. The van der Waals surface area contributed by atoms with E-state index in [1.165, 1.54) is 0 Å². The zero-order valence-electron chi connectivity index (χ0n) is 12.2. The highest BCUT2D eigenvalue weighted by Gasteiger charge is 2.07. The fourth-order valence-electron chi connectivity index (χ4n) is 1.78. The second-order valence-electron chi connectivity index (χ2n) is 4.50. The molecule has 0 unspecified atom stereocenters. The van der Waals surface area contributed by atoms with Gasteiger partial charge in [0.25, 0.3) is 0 Å². The van der Waals surface area contributed by atoms with Gasteiger partial charge < -0.3 is 15.4 Å². The number of hydrogen-bond acceptors (Lipinski definition) is 3. The summed E-state index contributed by atoms with van der Waals surface area (Å²) in [7, 11) is 0. The normalized spacial score (nSPS) is 10.0. The van der Waals surface area contributed by atoms with Crippen LogP contribution in [0.5, 0.6) is 0 Å². The molecule has 2 rings (SSSR count). The summed E-state index contributed by atoms with van der Waals surface area (Å²) in [5.41, 5.74) is 1.95. The number of esters is 1. The second-order valence-corrected chi connectivity index (χ2v) is 6.23. The second kappa shape index (κ2) is 8.29. The quantitative estimate of drug-likeness (QED) is 0.540. The van der Waals surface area contributed by atoms with Gasteiger partial charge in [0.05, 0.1) is 22.9 Å². The van der Waals surface area contributed by atoms with E-state index in [4.69, 9.17) is 28.6 Å². The number of rotatable bonds is 4. The van der Waals surface area contributed by atoms with E-state index in [1.807, 2.05) is 12.1 Å². The van der Waals surface area contributed by atoms with Crippen LogP contribution < -0.4 is 10.6 Å². The molecular weight excluding hydrogens is 400 g/mol. The summed E-state index contributed by atoms with van der Waals surface area (Å²) in [6.45, 7) is 2.12. The lowest BCUT2D eigenvalue weighted by Crippen LogP contribution is -2.19. The zero-order valence-corrected chi connectivity index (χ0v) is 15.4. The predicted molar refractivity (Wildman–Crippen MR) is 101 cm³/mol. The molecule has 0 fully saturated rings. The molecule has 2 aromatic rings. The summed E-state index contributed by atoms with van der Waals surface area (Å²) >= 11 is 14.7. The molecule has 0 aliphatic carbocycles. The Kier molecular flexibility index (Phi) is 6.38. The summed E-state index contributed by atoms with van der Waals surface area (Å²) in [6.07, 6.45) is 0. The van der Waals surface area contributed by atoms with Crippen molar-refractivity contribution in [1.29, 1.82) is 0 Å². The van der Waals surface area contributed by atoms with Gasteiger partial charge in [-0.05, 0) is 61.6 Å². The largest absolute Gasteiger partial charge is 0.462 e. The molecule has 2 N–H and O–H groups in total. The van der Waals surface area contributed by atoms with Gasteiger partial charge in [-0.15, -0.1) is 0 Å². The summed E-state index contributed by atoms with van der Waals surface area (Å²) in [4.78, 5) is 11.6. The van der Waals surface area contributed by atoms with Crippen molar-refractivity contribution in [3.05, 3.63) is 57.5 Å². The minimum absolute atomic E-state index is 0.346. The van der Waals surface area contributed by atoms with E-state index in [2.05, 4.69) is 26.6 Å². The smallest absolute Gasteiger partial charge is 0.338 e. The number of nitrogens with one attached hydrogen (secondary N) is 2. The SMILES string of the molecule is CCOC(=O)c1ccc(NC(=S)Nc2ccc(Br)cc2Cl)cc1. The first-order chi connectivity index (χ1) is 11.0. The first kappa shape index (κ1) is 17.7. The Morgan fingerprint density at radius 1 is 1.22 bits per heavy atom. The van der Waals surface area contributed by atoms with Crippen molar-refractivity contribution in [2.75, 3.05) is 17.2 Å². The molecule has 0 aromatic heterocycles. The molecule has 0 saturated carbocycles. The molecule has 0 amide bonds. The molecule has 2 aromatic carbocycles. The van der Waals surface area contributed by atoms with Crippen LogP contribution in [0.15, 0.2) is 46.9 Å². The van der Waals surface area contributed by atoms with E-state index < -0.39 is 0 Å². The fraction of sp³-hybridized carbons (Fsp3) is 0.125. The summed E-state index contributed by atoms with van der Waals surface area (Å²) < 4.78 is 5.82. The molecular formula is C16H14BrClN2O2S. The highest BCUT2D eigenvalue weighted by atomic mass is 79.9. The van der Waals surface area contributed by atoms with E-state index in [0.717, 1.165) is 10.2 Å². The first-order valence-electron chi connectivity index (χ1n) is 6.80. The van der Waals surface area contributed by atoms with Gasteiger partial charge in [0.2, 0.25) is 0 Å². The van der Waals surface area contributed by atoms with Crippen molar-refractivity contribution in [2.45, 2.75) is 6.92 Å². The number of benzene rings is 2. The molecule has 0 aliphatic rings. The third-order valence-electron chi connectivity index (χ3n) is 2.83. The molecule has 0 aliphatic heterocycles. The third-order valence-corrected chi connectivity index (χ3v) is 3.84. The number of hydrogen-bond donors (Lipinski definition) is 2. The van der Waals surface area contributed by atoms with Crippen molar-refractivity contribution in [3.63, 3.8) is 0 Å². The number of anilines is 2. The van der Waals surface area contributed by atoms with Gasteiger partial charge in [-0.3, -0.25) is 0 Å². The van der Waals surface area contributed by atoms with Gasteiger partial charge in [-0.25, -0.2) is 4.79 Å². The van der Waals surface area contributed by atoms with E-state index in [1.54, 1.807) is 37.3 Å². The summed E-state index contributed by atoms with van der Waals surface area (Å²) in [5, 5.41) is 7.01. The molecule has 0 radical (unpaired) electrons. The molecule has 0 bridgehead atoms. The van der Waals surface area contributed by atoms with Gasteiger partial charge in [0.15, 0.2) is 5.11 Å². The zero-order chi connectivity index (χ0) is 16.8.